The molecule has 19 heavy (non-hydrogen) atoms. The summed E-state index contributed by atoms with van der Waals surface area (Å²) in [6.07, 6.45) is 1.55. The number of carbonyl (C=O) groups is 1. The zero-order chi connectivity index (χ0) is 14.0. The Hall–Kier alpha value is -1.73. The van der Waals surface area contributed by atoms with Crippen molar-refractivity contribution in [2.45, 2.75) is 26.4 Å². The van der Waals surface area contributed by atoms with Crippen LogP contribution >= 0.6 is 11.3 Å². The van der Waals surface area contributed by atoms with E-state index in [1.807, 2.05) is 13.8 Å². The van der Waals surface area contributed by atoms with Crippen molar-refractivity contribution in [2.24, 2.45) is 5.73 Å². The molecule has 0 unspecified atom stereocenters. The van der Waals surface area contributed by atoms with Crippen LogP contribution in [0.15, 0.2) is 11.6 Å². The molecule has 2 heterocycles. The van der Waals surface area contributed by atoms with Crippen molar-refractivity contribution in [3.63, 3.8) is 0 Å². The standard InChI is InChI=1S/C12H16N4O2S/c1-7(2)16-11(9(18-3)5-14-16)12(17)8-6-19-10(4-13)15-8/h5-7H,4,13H2,1-3H3. The Morgan fingerprint density at radius 3 is 2.84 bits per heavy atom. The number of ether oxygens (including phenoxy) is 1. The Morgan fingerprint density at radius 2 is 2.32 bits per heavy atom. The third-order valence-corrected chi connectivity index (χ3v) is 3.52. The zero-order valence-corrected chi connectivity index (χ0v) is 11.9. The smallest absolute Gasteiger partial charge is 0.234 e. The first-order chi connectivity index (χ1) is 9.08. The summed E-state index contributed by atoms with van der Waals surface area (Å²) in [6, 6.07) is 0.0652. The van der Waals surface area contributed by atoms with E-state index in [1.54, 1.807) is 16.3 Å². The van der Waals surface area contributed by atoms with Crippen LogP contribution in [-0.2, 0) is 6.54 Å². The summed E-state index contributed by atoms with van der Waals surface area (Å²) in [4.78, 5) is 16.7. The number of rotatable bonds is 5. The lowest BCUT2D eigenvalue weighted by Crippen LogP contribution is -2.14. The first-order valence-electron chi connectivity index (χ1n) is 5.89. The minimum Gasteiger partial charge on any atom is -0.493 e. The van der Waals surface area contributed by atoms with E-state index in [0.717, 1.165) is 5.01 Å². The number of ketones is 1. The highest BCUT2D eigenvalue weighted by molar-refractivity contribution is 7.09. The molecule has 0 aliphatic heterocycles. The highest BCUT2D eigenvalue weighted by atomic mass is 32.1. The predicted octanol–water partition coefficient (Wildman–Crippen LogP) is 1.62. The molecule has 0 saturated carbocycles. The third kappa shape index (κ3) is 2.52. The van der Waals surface area contributed by atoms with Gasteiger partial charge in [0.05, 0.1) is 13.3 Å². The highest BCUT2D eigenvalue weighted by Gasteiger charge is 2.24. The van der Waals surface area contributed by atoms with E-state index >= 15 is 0 Å². The maximum atomic E-state index is 12.5. The topological polar surface area (TPSA) is 83.0 Å². The second-order valence-corrected chi connectivity index (χ2v) is 5.20. The van der Waals surface area contributed by atoms with E-state index in [9.17, 15) is 4.79 Å². The number of nitrogens with two attached hydrogens (primary N) is 1. The molecule has 2 aromatic heterocycles. The summed E-state index contributed by atoms with van der Waals surface area (Å²) >= 11 is 1.38. The normalized spacial score (nSPS) is 11.0. The molecule has 102 valence electrons. The molecule has 0 spiro atoms. The maximum Gasteiger partial charge on any atom is 0.234 e. The van der Waals surface area contributed by atoms with Crippen molar-refractivity contribution in [1.82, 2.24) is 14.8 Å². The molecule has 0 aromatic carbocycles. The minimum absolute atomic E-state index is 0.0652. The molecule has 0 fully saturated rings. The molecule has 0 radical (unpaired) electrons. The fourth-order valence-corrected chi connectivity index (χ4v) is 2.39. The molecule has 0 amide bonds. The average Bonchev–Trinajstić information content (AvgIpc) is 3.03. The van der Waals surface area contributed by atoms with Gasteiger partial charge in [-0.25, -0.2) is 4.98 Å². The van der Waals surface area contributed by atoms with Crippen molar-refractivity contribution in [1.29, 1.82) is 0 Å². The van der Waals surface area contributed by atoms with Crippen LogP contribution < -0.4 is 10.5 Å². The van der Waals surface area contributed by atoms with Gasteiger partial charge in [-0.2, -0.15) is 5.10 Å². The molecule has 7 heteroatoms. The highest BCUT2D eigenvalue weighted by Crippen LogP contribution is 2.24. The lowest BCUT2D eigenvalue weighted by Gasteiger charge is -2.10. The van der Waals surface area contributed by atoms with E-state index in [2.05, 4.69) is 10.1 Å². The number of methoxy groups -OCH3 is 1. The Labute approximate surface area is 115 Å². The van der Waals surface area contributed by atoms with Gasteiger partial charge in [0.25, 0.3) is 0 Å². The lowest BCUT2D eigenvalue weighted by atomic mass is 10.2. The van der Waals surface area contributed by atoms with Crippen molar-refractivity contribution >= 4 is 17.1 Å². The quantitative estimate of drug-likeness (QED) is 0.841. The van der Waals surface area contributed by atoms with Crippen LogP contribution in [0.2, 0.25) is 0 Å². The summed E-state index contributed by atoms with van der Waals surface area (Å²) in [5, 5.41) is 6.63. The van der Waals surface area contributed by atoms with Crippen LogP contribution in [-0.4, -0.2) is 27.7 Å². The minimum atomic E-state index is -0.195. The Morgan fingerprint density at radius 1 is 1.58 bits per heavy atom. The number of aromatic nitrogens is 3. The summed E-state index contributed by atoms with van der Waals surface area (Å²) in [5.74, 6) is 0.264. The molecule has 6 nitrogen and oxygen atoms in total. The molecule has 0 aliphatic rings. The van der Waals surface area contributed by atoms with Gasteiger partial charge in [0, 0.05) is 18.0 Å². The number of carbonyl (C=O) groups excluding carboxylic acids is 1. The maximum absolute atomic E-state index is 12.5. The van der Waals surface area contributed by atoms with Crippen molar-refractivity contribution in [3.05, 3.63) is 28.0 Å². The second-order valence-electron chi connectivity index (χ2n) is 4.26. The summed E-state index contributed by atoms with van der Waals surface area (Å²) < 4.78 is 6.84. The van der Waals surface area contributed by atoms with Crippen molar-refractivity contribution in [2.75, 3.05) is 7.11 Å². The molecular formula is C12H16N4O2S. The Balaban J connectivity index is 2.45. The fourth-order valence-electron chi connectivity index (χ4n) is 1.73. The molecule has 0 aliphatic carbocycles. The summed E-state index contributed by atoms with van der Waals surface area (Å²) in [5.41, 5.74) is 6.31. The lowest BCUT2D eigenvalue weighted by molar-refractivity contribution is 0.102. The van der Waals surface area contributed by atoms with Crippen LogP contribution in [0.3, 0.4) is 0 Å². The monoisotopic (exact) mass is 280 g/mol. The van der Waals surface area contributed by atoms with Crippen LogP contribution in [0.5, 0.6) is 5.75 Å². The third-order valence-electron chi connectivity index (χ3n) is 2.65. The van der Waals surface area contributed by atoms with Gasteiger partial charge in [-0.1, -0.05) is 0 Å². The second kappa shape index (κ2) is 5.50. The van der Waals surface area contributed by atoms with Gasteiger partial charge in [0.1, 0.15) is 10.7 Å². The SMILES string of the molecule is COc1cnn(C(C)C)c1C(=O)c1csc(CN)n1. The van der Waals surface area contributed by atoms with E-state index in [4.69, 9.17) is 10.5 Å². The van der Waals surface area contributed by atoms with Crippen molar-refractivity contribution in [3.8, 4) is 5.75 Å². The summed E-state index contributed by atoms with van der Waals surface area (Å²) in [6.45, 7) is 4.24. The number of hydrogen-bond donors (Lipinski definition) is 1. The number of nitrogens with zero attached hydrogens (tertiary/aromatic N) is 3. The Kier molecular flexibility index (Phi) is 3.96. The predicted molar refractivity (Wildman–Crippen MR) is 72.6 cm³/mol. The number of thiazole rings is 1. The first-order valence-corrected chi connectivity index (χ1v) is 6.77. The molecule has 2 N–H and O–H groups in total. The van der Waals surface area contributed by atoms with E-state index < -0.39 is 0 Å². The van der Waals surface area contributed by atoms with E-state index in [0.29, 0.717) is 23.7 Å². The van der Waals surface area contributed by atoms with Gasteiger partial charge in [-0.05, 0) is 13.8 Å². The van der Waals surface area contributed by atoms with Crippen molar-refractivity contribution < 1.29 is 9.53 Å². The van der Waals surface area contributed by atoms with Gasteiger partial charge in [-0.3, -0.25) is 9.48 Å². The van der Waals surface area contributed by atoms with Crippen LogP contribution in [0.1, 0.15) is 41.1 Å². The zero-order valence-electron chi connectivity index (χ0n) is 11.1. The fraction of sp³-hybridized carbons (Fsp3) is 0.417. The van der Waals surface area contributed by atoms with Crippen LogP contribution in [0.4, 0.5) is 0 Å². The molecular weight excluding hydrogens is 264 g/mol. The van der Waals surface area contributed by atoms with Gasteiger partial charge >= 0.3 is 0 Å². The largest absolute Gasteiger partial charge is 0.493 e. The molecule has 2 aromatic rings. The van der Waals surface area contributed by atoms with E-state index in [-0.39, 0.29) is 11.8 Å². The average molecular weight is 280 g/mol. The van der Waals surface area contributed by atoms with Gasteiger partial charge in [-0.15, -0.1) is 11.3 Å². The molecule has 0 saturated heterocycles. The Bertz CT molecular complexity index is 588. The summed E-state index contributed by atoms with van der Waals surface area (Å²) in [7, 11) is 1.52. The number of hydrogen-bond acceptors (Lipinski definition) is 6. The van der Waals surface area contributed by atoms with Gasteiger partial charge in [0.15, 0.2) is 11.4 Å². The first kappa shape index (κ1) is 13.7. The van der Waals surface area contributed by atoms with Gasteiger partial charge in [0.2, 0.25) is 5.78 Å². The molecule has 2 rings (SSSR count). The van der Waals surface area contributed by atoms with Crippen LogP contribution in [0, 0.1) is 0 Å². The van der Waals surface area contributed by atoms with Gasteiger partial charge < -0.3 is 10.5 Å². The van der Waals surface area contributed by atoms with Crippen LogP contribution in [0.25, 0.3) is 0 Å². The molecule has 0 atom stereocenters. The molecule has 0 bridgehead atoms. The van der Waals surface area contributed by atoms with E-state index in [1.165, 1.54) is 18.4 Å².